The van der Waals surface area contributed by atoms with Gasteiger partial charge in [-0.25, -0.2) is 0 Å². The topological polar surface area (TPSA) is 32.3 Å². The van der Waals surface area contributed by atoms with E-state index in [2.05, 4.69) is 26.1 Å². The van der Waals surface area contributed by atoms with Gasteiger partial charge in [-0.05, 0) is 34.8 Å². The lowest BCUT2D eigenvalue weighted by Crippen LogP contribution is -2.63. The van der Waals surface area contributed by atoms with Crippen LogP contribution in [0.15, 0.2) is 15.2 Å². The zero-order chi connectivity index (χ0) is 13.3. The van der Waals surface area contributed by atoms with Crippen molar-refractivity contribution < 1.29 is 4.79 Å². The van der Waals surface area contributed by atoms with Crippen LogP contribution in [0.2, 0.25) is 0 Å². The maximum atomic E-state index is 12.8. The van der Waals surface area contributed by atoms with Crippen molar-refractivity contribution >= 4 is 33.2 Å². The molecule has 0 atom stereocenters. The fourth-order valence-corrected chi connectivity index (χ4v) is 4.53. The molecule has 1 aliphatic heterocycles. The molecule has 104 valence electrons. The number of hydrogen-bond donors (Lipinski definition) is 1. The Kier molecular flexibility index (Phi) is 3.96. The van der Waals surface area contributed by atoms with Crippen LogP contribution < -0.4 is 5.32 Å². The van der Waals surface area contributed by atoms with Crippen LogP contribution in [0.4, 0.5) is 0 Å². The molecule has 1 aromatic rings. The average molecular weight is 343 g/mol. The van der Waals surface area contributed by atoms with E-state index in [1.54, 1.807) is 11.3 Å². The zero-order valence-corrected chi connectivity index (χ0v) is 13.4. The molecule has 1 saturated heterocycles. The van der Waals surface area contributed by atoms with E-state index < -0.39 is 0 Å². The summed E-state index contributed by atoms with van der Waals surface area (Å²) in [4.78, 5) is 14.9. The molecule has 0 unspecified atom stereocenters. The Morgan fingerprint density at radius 3 is 2.84 bits per heavy atom. The number of nitrogens with zero attached hydrogens (tertiary/aromatic N) is 1. The van der Waals surface area contributed by atoms with E-state index in [1.165, 1.54) is 19.3 Å². The Hall–Kier alpha value is -0.390. The molecule has 1 saturated carbocycles. The first-order chi connectivity index (χ1) is 9.21. The molecule has 0 bridgehead atoms. The van der Waals surface area contributed by atoms with Gasteiger partial charge in [0.15, 0.2) is 0 Å². The lowest BCUT2D eigenvalue weighted by molar-refractivity contribution is 0.0223. The predicted octanol–water partition coefficient (Wildman–Crippen LogP) is 3.26. The number of piperazine rings is 1. The van der Waals surface area contributed by atoms with Gasteiger partial charge in [-0.15, -0.1) is 11.3 Å². The SMILES string of the molecule is O=C(c1csc(Br)c1)N1CCNCC12CCCCC2. The van der Waals surface area contributed by atoms with Gasteiger partial charge >= 0.3 is 0 Å². The van der Waals surface area contributed by atoms with E-state index in [0.717, 1.165) is 41.8 Å². The minimum Gasteiger partial charge on any atom is -0.330 e. The molecule has 19 heavy (non-hydrogen) atoms. The molecule has 1 N–H and O–H groups in total. The van der Waals surface area contributed by atoms with Gasteiger partial charge in [-0.1, -0.05) is 19.3 Å². The molecule has 1 amide bonds. The first-order valence-electron chi connectivity index (χ1n) is 6.98. The molecular weight excluding hydrogens is 324 g/mol. The number of carbonyl (C=O) groups is 1. The van der Waals surface area contributed by atoms with Gasteiger partial charge < -0.3 is 10.2 Å². The maximum Gasteiger partial charge on any atom is 0.255 e. The lowest BCUT2D eigenvalue weighted by atomic mass is 9.79. The van der Waals surface area contributed by atoms with E-state index in [4.69, 9.17) is 0 Å². The minimum absolute atomic E-state index is 0.0714. The summed E-state index contributed by atoms with van der Waals surface area (Å²) in [5.74, 6) is 0.213. The molecule has 2 aliphatic rings. The molecule has 2 heterocycles. The summed E-state index contributed by atoms with van der Waals surface area (Å²) in [5, 5.41) is 5.45. The summed E-state index contributed by atoms with van der Waals surface area (Å²) in [7, 11) is 0. The van der Waals surface area contributed by atoms with Crippen LogP contribution in [0.3, 0.4) is 0 Å². The van der Waals surface area contributed by atoms with Crippen molar-refractivity contribution in [3.8, 4) is 0 Å². The van der Waals surface area contributed by atoms with Gasteiger partial charge in [0.2, 0.25) is 0 Å². The predicted molar refractivity (Wildman–Crippen MR) is 81.7 cm³/mol. The normalized spacial score (nSPS) is 22.7. The summed E-state index contributed by atoms with van der Waals surface area (Å²) in [5.41, 5.74) is 0.908. The van der Waals surface area contributed by atoms with Gasteiger partial charge in [0.1, 0.15) is 0 Å². The molecule has 1 aromatic heterocycles. The molecule has 1 spiro atoms. The molecular formula is C14H19BrN2OS. The van der Waals surface area contributed by atoms with Crippen LogP contribution in [0.25, 0.3) is 0 Å². The number of rotatable bonds is 1. The summed E-state index contributed by atoms with van der Waals surface area (Å²) in [6, 6.07) is 1.95. The fourth-order valence-electron chi connectivity index (χ4n) is 3.40. The van der Waals surface area contributed by atoms with Crippen LogP contribution in [0.1, 0.15) is 42.5 Å². The fraction of sp³-hybridized carbons (Fsp3) is 0.643. The number of halogens is 1. The molecule has 1 aliphatic carbocycles. The summed E-state index contributed by atoms with van der Waals surface area (Å²) >= 11 is 5.03. The van der Waals surface area contributed by atoms with Crippen molar-refractivity contribution in [3.05, 3.63) is 20.8 Å². The molecule has 0 aromatic carbocycles. The largest absolute Gasteiger partial charge is 0.330 e. The van der Waals surface area contributed by atoms with Crippen LogP contribution in [0.5, 0.6) is 0 Å². The first kappa shape index (κ1) is 13.6. The van der Waals surface area contributed by atoms with E-state index in [0.29, 0.717) is 0 Å². The number of thiophene rings is 1. The summed E-state index contributed by atoms with van der Waals surface area (Å²) < 4.78 is 1.03. The van der Waals surface area contributed by atoms with E-state index >= 15 is 0 Å². The Labute approximate surface area is 126 Å². The minimum atomic E-state index is 0.0714. The number of carbonyl (C=O) groups excluding carboxylic acids is 1. The third kappa shape index (κ3) is 2.60. The highest BCUT2D eigenvalue weighted by molar-refractivity contribution is 9.11. The molecule has 3 rings (SSSR count). The van der Waals surface area contributed by atoms with Crippen LogP contribution in [0, 0.1) is 0 Å². The van der Waals surface area contributed by atoms with Gasteiger partial charge in [-0.2, -0.15) is 0 Å². The number of nitrogens with one attached hydrogen (secondary N) is 1. The third-order valence-electron chi connectivity index (χ3n) is 4.38. The van der Waals surface area contributed by atoms with Gasteiger partial charge in [0.05, 0.1) is 14.9 Å². The zero-order valence-electron chi connectivity index (χ0n) is 11.0. The molecule has 2 fully saturated rings. The van der Waals surface area contributed by atoms with Crippen molar-refractivity contribution in [2.75, 3.05) is 19.6 Å². The summed E-state index contributed by atoms with van der Waals surface area (Å²) in [6.45, 7) is 2.72. The second-order valence-electron chi connectivity index (χ2n) is 5.56. The van der Waals surface area contributed by atoms with Crippen LogP contribution in [-0.4, -0.2) is 36.0 Å². The summed E-state index contributed by atoms with van der Waals surface area (Å²) in [6.07, 6.45) is 6.11. The first-order valence-corrected chi connectivity index (χ1v) is 8.65. The molecule has 5 heteroatoms. The van der Waals surface area contributed by atoms with E-state index in [1.807, 2.05) is 11.4 Å². The highest BCUT2D eigenvalue weighted by atomic mass is 79.9. The smallest absolute Gasteiger partial charge is 0.255 e. The van der Waals surface area contributed by atoms with Crippen molar-refractivity contribution in [3.63, 3.8) is 0 Å². The number of amides is 1. The third-order valence-corrected chi connectivity index (χ3v) is 5.89. The monoisotopic (exact) mass is 342 g/mol. The van der Waals surface area contributed by atoms with Crippen LogP contribution >= 0.6 is 27.3 Å². The Bertz CT molecular complexity index is 460. The highest BCUT2D eigenvalue weighted by Gasteiger charge is 2.42. The van der Waals surface area contributed by atoms with Crippen molar-refractivity contribution in [1.29, 1.82) is 0 Å². The molecule has 0 radical (unpaired) electrons. The van der Waals surface area contributed by atoms with Crippen molar-refractivity contribution in [2.45, 2.75) is 37.6 Å². The standard InChI is InChI=1S/C14H19BrN2OS/c15-12-8-11(9-19-12)13(18)17-7-6-16-10-14(17)4-2-1-3-5-14/h8-9,16H,1-7,10H2. The average Bonchev–Trinajstić information content (AvgIpc) is 2.86. The number of hydrogen-bond acceptors (Lipinski definition) is 3. The lowest BCUT2D eigenvalue weighted by Gasteiger charge is -2.49. The van der Waals surface area contributed by atoms with Gasteiger partial charge in [0, 0.05) is 25.0 Å². The molecule has 3 nitrogen and oxygen atoms in total. The van der Waals surface area contributed by atoms with Crippen molar-refractivity contribution in [2.24, 2.45) is 0 Å². The Balaban J connectivity index is 1.85. The second kappa shape index (κ2) is 5.54. The van der Waals surface area contributed by atoms with E-state index in [-0.39, 0.29) is 11.4 Å². The van der Waals surface area contributed by atoms with Gasteiger partial charge in [-0.3, -0.25) is 4.79 Å². The quantitative estimate of drug-likeness (QED) is 0.849. The van der Waals surface area contributed by atoms with E-state index in [9.17, 15) is 4.79 Å². The Morgan fingerprint density at radius 1 is 1.37 bits per heavy atom. The Morgan fingerprint density at radius 2 is 2.16 bits per heavy atom. The van der Waals surface area contributed by atoms with Crippen LogP contribution in [-0.2, 0) is 0 Å². The maximum absolute atomic E-state index is 12.8. The van der Waals surface area contributed by atoms with Gasteiger partial charge in [0.25, 0.3) is 5.91 Å². The highest BCUT2D eigenvalue weighted by Crippen LogP contribution is 2.36. The second-order valence-corrected chi connectivity index (χ2v) is 7.85. The van der Waals surface area contributed by atoms with Crippen molar-refractivity contribution in [1.82, 2.24) is 10.2 Å².